The fourth-order valence-electron chi connectivity index (χ4n) is 6.55. The quantitative estimate of drug-likeness (QED) is 0.0412. The molecule has 4 nitrogen and oxygen atoms in total. The standard InChI is InChI=1S/C27H50N.C18H30O3S/c1-2-3-4-5-6-7-8-9-10-11-12-13-14-15-16-17-18-19-20-22-25-28-26-23-21-24-27-28;1-2-3-4-5-6-7-8-9-10-14-17-21-22(19,20)18-15-12-11-13-16-18/h21,23-24,26-27H,2-20,22,25H2,1H3;11-13,15-16H,2-10,14,17H2,1H3/q+1;. The van der Waals surface area contributed by atoms with Gasteiger partial charge in [0.05, 0.1) is 11.5 Å². The van der Waals surface area contributed by atoms with E-state index < -0.39 is 10.1 Å². The maximum atomic E-state index is 11.9. The van der Waals surface area contributed by atoms with Crippen LogP contribution < -0.4 is 4.57 Å². The van der Waals surface area contributed by atoms with E-state index in [9.17, 15) is 8.42 Å². The Bertz CT molecular complexity index is 1040. The molecule has 0 spiro atoms. The third-order valence-corrected chi connectivity index (χ3v) is 11.1. The Balaban J connectivity index is 0.000000515. The molecule has 0 fully saturated rings. The van der Waals surface area contributed by atoms with Gasteiger partial charge in [0.15, 0.2) is 12.4 Å². The van der Waals surface area contributed by atoms with Gasteiger partial charge in [0.1, 0.15) is 6.54 Å². The highest BCUT2D eigenvalue weighted by atomic mass is 32.2. The van der Waals surface area contributed by atoms with E-state index in [0.717, 1.165) is 12.8 Å². The molecular weight excluding hydrogens is 635 g/mol. The molecule has 0 saturated carbocycles. The SMILES string of the molecule is CCCCCCCCCCCCCCCCCCCCCC[n+]1ccccc1.CCCCCCCCCCCCOS(=O)(=O)c1ccccc1. The Morgan fingerprint density at radius 3 is 1.12 bits per heavy atom. The third kappa shape index (κ3) is 30.0. The van der Waals surface area contributed by atoms with Gasteiger partial charge in [-0.05, 0) is 25.0 Å². The van der Waals surface area contributed by atoms with Crippen molar-refractivity contribution in [1.82, 2.24) is 0 Å². The minimum Gasteiger partial charge on any atom is -0.266 e. The summed E-state index contributed by atoms with van der Waals surface area (Å²) < 4.78 is 31.1. The topological polar surface area (TPSA) is 47.2 Å². The van der Waals surface area contributed by atoms with Crippen LogP contribution in [0.2, 0.25) is 0 Å². The fraction of sp³-hybridized carbons (Fsp3) is 0.756. The fourth-order valence-corrected chi connectivity index (χ4v) is 7.51. The molecule has 2 rings (SSSR count). The first-order valence-electron chi connectivity index (χ1n) is 21.5. The first-order chi connectivity index (χ1) is 24.6. The van der Waals surface area contributed by atoms with Crippen LogP contribution in [-0.4, -0.2) is 15.0 Å². The van der Waals surface area contributed by atoms with Crippen molar-refractivity contribution >= 4 is 10.1 Å². The molecule has 0 bridgehead atoms. The van der Waals surface area contributed by atoms with E-state index in [1.54, 1.807) is 30.3 Å². The summed E-state index contributed by atoms with van der Waals surface area (Å²) in [5.74, 6) is 0. The summed E-state index contributed by atoms with van der Waals surface area (Å²) in [7, 11) is -3.57. The van der Waals surface area contributed by atoms with Crippen molar-refractivity contribution in [3.8, 4) is 0 Å². The smallest absolute Gasteiger partial charge is 0.266 e. The maximum Gasteiger partial charge on any atom is 0.296 e. The number of pyridine rings is 1. The van der Waals surface area contributed by atoms with Crippen LogP contribution >= 0.6 is 0 Å². The zero-order valence-corrected chi connectivity index (χ0v) is 33.8. The zero-order valence-electron chi connectivity index (χ0n) is 33.0. The Morgan fingerprint density at radius 1 is 0.420 bits per heavy atom. The van der Waals surface area contributed by atoms with Crippen LogP contribution in [0.15, 0.2) is 65.8 Å². The lowest BCUT2D eigenvalue weighted by Gasteiger charge is -2.05. The second-order valence-electron chi connectivity index (χ2n) is 14.6. The molecule has 0 unspecified atom stereocenters. The Hall–Kier alpha value is -1.72. The number of rotatable bonds is 34. The molecular formula is C45H80NO3S+. The number of unbranched alkanes of at least 4 members (excludes halogenated alkanes) is 28. The van der Waals surface area contributed by atoms with Crippen LogP contribution in [0.1, 0.15) is 206 Å². The van der Waals surface area contributed by atoms with E-state index in [-0.39, 0.29) is 11.5 Å². The van der Waals surface area contributed by atoms with E-state index in [1.165, 1.54) is 186 Å². The Labute approximate surface area is 311 Å². The molecule has 1 heterocycles. The van der Waals surface area contributed by atoms with Crippen molar-refractivity contribution in [3.63, 3.8) is 0 Å². The number of nitrogens with zero attached hydrogens (tertiary/aromatic N) is 1. The minimum absolute atomic E-state index is 0.238. The molecule has 5 heteroatoms. The third-order valence-electron chi connectivity index (χ3n) is 9.82. The highest BCUT2D eigenvalue weighted by Crippen LogP contribution is 2.16. The second-order valence-corrected chi connectivity index (χ2v) is 16.2. The number of hydrogen-bond donors (Lipinski definition) is 0. The summed E-state index contributed by atoms with van der Waals surface area (Å²) in [6, 6.07) is 14.7. The van der Waals surface area contributed by atoms with Crippen LogP contribution in [-0.2, 0) is 20.8 Å². The van der Waals surface area contributed by atoms with Crippen LogP contribution in [0.3, 0.4) is 0 Å². The largest absolute Gasteiger partial charge is 0.296 e. The van der Waals surface area contributed by atoms with Crippen LogP contribution in [0.25, 0.3) is 0 Å². The lowest BCUT2D eigenvalue weighted by molar-refractivity contribution is -0.697. The van der Waals surface area contributed by atoms with Crippen molar-refractivity contribution in [1.29, 1.82) is 0 Å². The van der Waals surface area contributed by atoms with E-state index >= 15 is 0 Å². The Morgan fingerprint density at radius 2 is 0.740 bits per heavy atom. The average molecular weight is 715 g/mol. The summed E-state index contributed by atoms with van der Waals surface area (Å²) in [6.07, 6.45) is 45.6. The molecule has 0 saturated heterocycles. The molecule has 1 aromatic heterocycles. The van der Waals surface area contributed by atoms with Crippen LogP contribution in [0, 0.1) is 0 Å². The lowest BCUT2D eigenvalue weighted by Crippen LogP contribution is -2.32. The van der Waals surface area contributed by atoms with Gasteiger partial charge in [0.25, 0.3) is 10.1 Å². The highest BCUT2D eigenvalue weighted by Gasteiger charge is 2.13. The minimum atomic E-state index is -3.57. The lowest BCUT2D eigenvalue weighted by atomic mass is 10.0. The van der Waals surface area contributed by atoms with Gasteiger partial charge in [-0.3, -0.25) is 4.18 Å². The van der Waals surface area contributed by atoms with Gasteiger partial charge in [-0.1, -0.05) is 211 Å². The van der Waals surface area contributed by atoms with Crippen LogP contribution in [0.5, 0.6) is 0 Å². The van der Waals surface area contributed by atoms with E-state index in [2.05, 4.69) is 49.0 Å². The predicted octanol–water partition coefficient (Wildman–Crippen LogP) is 14.1. The number of benzene rings is 1. The van der Waals surface area contributed by atoms with E-state index in [4.69, 9.17) is 4.18 Å². The number of aromatic nitrogens is 1. The molecule has 1 aromatic carbocycles. The van der Waals surface area contributed by atoms with E-state index in [0.29, 0.717) is 0 Å². The van der Waals surface area contributed by atoms with Crippen molar-refractivity contribution in [2.45, 2.75) is 218 Å². The van der Waals surface area contributed by atoms with Gasteiger partial charge in [-0.2, -0.15) is 8.42 Å². The zero-order chi connectivity index (χ0) is 36.1. The first kappa shape index (κ1) is 46.3. The van der Waals surface area contributed by atoms with Crippen molar-refractivity contribution < 1.29 is 17.2 Å². The molecule has 0 aliphatic rings. The summed E-state index contributed by atoms with van der Waals surface area (Å²) in [5, 5.41) is 0. The normalized spacial score (nSPS) is 11.4. The average Bonchev–Trinajstić information content (AvgIpc) is 3.14. The molecule has 288 valence electrons. The van der Waals surface area contributed by atoms with Gasteiger partial charge < -0.3 is 0 Å². The molecule has 2 aromatic rings. The number of hydrogen-bond acceptors (Lipinski definition) is 3. The van der Waals surface area contributed by atoms with Gasteiger partial charge in [0.2, 0.25) is 0 Å². The number of aryl methyl sites for hydroxylation is 1. The molecule has 0 N–H and O–H groups in total. The summed E-state index contributed by atoms with van der Waals surface area (Å²) in [6.45, 7) is 6.00. The van der Waals surface area contributed by atoms with Gasteiger partial charge >= 0.3 is 0 Å². The van der Waals surface area contributed by atoms with Gasteiger partial charge in [0, 0.05) is 18.6 Å². The molecule has 50 heavy (non-hydrogen) atoms. The van der Waals surface area contributed by atoms with Crippen molar-refractivity contribution in [3.05, 3.63) is 60.9 Å². The first-order valence-corrected chi connectivity index (χ1v) is 22.9. The molecule has 0 atom stereocenters. The van der Waals surface area contributed by atoms with Gasteiger partial charge in [-0.15, -0.1) is 0 Å². The molecule has 0 aliphatic heterocycles. The summed E-state index contributed by atoms with van der Waals surface area (Å²) >= 11 is 0. The molecule has 0 aliphatic carbocycles. The van der Waals surface area contributed by atoms with Gasteiger partial charge in [-0.25, -0.2) is 4.57 Å². The summed E-state index contributed by atoms with van der Waals surface area (Å²) in [5.41, 5.74) is 0. The van der Waals surface area contributed by atoms with E-state index in [1.807, 2.05) is 0 Å². The monoisotopic (exact) mass is 715 g/mol. The highest BCUT2D eigenvalue weighted by molar-refractivity contribution is 7.86. The molecule has 0 radical (unpaired) electrons. The predicted molar refractivity (Wildman–Crippen MR) is 216 cm³/mol. The van der Waals surface area contributed by atoms with Crippen molar-refractivity contribution in [2.75, 3.05) is 6.61 Å². The maximum absolute atomic E-state index is 11.9. The second kappa shape index (κ2) is 35.7. The Kier molecular flexibility index (Phi) is 33.0. The van der Waals surface area contributed by atoms with Crippen LogP contribution in [0.4, 0.5) is 0 Å². The van der Waals surface area contributed by atoms with Crippen molar-refractivity contribution in [2.24, 2.45) is 0 Å². The summed E-state index contributed by atoms with van der Waals surface area (Å²) in [4.78, 5) is 0.238. The molecule has 0 amide bonds.